The lowest BCUT2D eigenvalue weighted by atomic mass is 9.82. The molecule has 0 amide bonds. The molecule has 1 aromatic carbocycles. The predicted octanol–water partition coefficient (Wildman–Crippen LogP) is 3.59. The van der Waals surface area contributed by atoms with Crippen molar-refractivity contribution in [1.82, 2.24) is 10.2 Å². The fraction of sp³-hybridized carbons (Fsp3) is 0.667. The van der Waals surface area contributed by atoms with Gasteiger partial charge in [0.1, 0.15) is 0 Å². The van der Waals surface area contributed by atoms with Gasteiger partial charge in [0.15, 0.2) is 0 Å². The molecular formula is C18H30N2. The minimum atomic E-state index is 0.215. The zero-order valence-electron chi connectivity index (χ0n) is 14.0. The number of piperazine rings is 1. The Balaban J connectivity index is 2.12. The van der Waals surface area contributed by atoms with Crippen LogP contribution in [0.15, 0.2) is 24.3 Å². The Bertz CT molecular complexity index is 439. The molecule has 1 aromatic rings. The summed E-state index contributed by atoms with van der Waals surface area (Å²) in [6, 6.07) is 9.51. The molecule has 0 aromatic heterocycles. The summed E-state index contributed by atoms with van der Waals surface area (Å²) in [7, 11) is 0. The van der Waals surface area contributed by atoms with Gasteiger partial charge in [-0.1, -0.05) is 50.6 Å². The summed E-state index contributed by atoms with van der Waals surface area (Å²) in [6.07, 6.45) is 0. The molecular weight excluding hydrogens is 244 g/mol. The van der Waals surface area contributed by atoms with Crippen LogP contribution in [-0.2, 0) is 6.54 Å². The summed E-state index contributed by atoms with van der Waals surface area (Å²) >= 11 is 0. The van der Waals surface area contributed by atoms with Crippen molar-refractivity contribution in [3.63, 3.8) is 0 Å². The first-order valence-electron chi connectivity index (χ1n) is 7.72. The highest BCUT2D eigenvalue weighted by Gasteiger charge is 2.37. The Hall–Kier alpha value is -0.860. The van der Waals surface area contributed by atoms with E-state index in [0.717, 1.165) is 19.6 Å². The molecule has 1 aliphatic heterocycles. The van der Waals surface area contributed by atoms with Crippen molar-refractivity contribution in [2.24, 2.45) is 5.41 Å². The largest absolute Gasteiger partial charge is 0.310 e. The summed E-state index contributed by atoms with van der Waals surface area (Å²) < 4.78 is 0. The van der Waals surface area contributed by atoms with Crippen LogP contribution in [-0.4, -0.2) is 29.6 Å². The van der Waals surface area contributed by atoms with E-state index in [2.05, 4.69) is 76.0 Å². The van der Waals surface area contributed by atoms with Gasteiger partial charge in [0.2, 0.25) is 0 Å². The summed E-state index contributed by atoms with van der Waals surface area (Å²) in [5.74, 6) is 0. The third kappa shape index (κ3) is 3.62. The minimum absolute atomic E-state index is 0.215. The molecule has 1 saturated heterocycles. The fourth-order valence-corrected chi connectivity index (χ4v) is 2.79. The van der Waals surface area contributed by atoms with Gasteiger partial charge in [-0.05, 0) is 31.7 Å². The van der Waals surface area contributed by atoms with Crippen LogP contribution in [0.1, 0.15) is 45.7 Å². The molecule has 0 spiro atoms. The van der Waals surface area contributed by atoms with E-state index in [-0.39, 0.29) is 5.54 Å². The number of hydrogen-bond donors (Lipinski definition) is 1. The lowest BCUT2D eigenvalue weighted by molar-refractivity contribution is 0.0295. The van der Waals surface area contributed by atoms with Gasteiger partial charge >= 0.3 is 0 Å². The van der Waals surface area contributed by atoms with Crippen molar-refractivity contribution in [2.45, 2.75) is 59.7 Å². The standard InChI is InChI=1S/C18H30N2/c1-14-7-9-15(10-8-14)11-20-12-16(17(2,3)4)19-13-18(20,5)6/h7-10,16,19H,11-13H2,1-6H3. The van der Waals surface area contributed by atoms with Crippen molar-refractivity contribution in [1.29, 1.82) is 0 Å². The molecule has 2 rings (SSSR count). The van der Waals surface area contributed by atoms with E-state index in [0.29, 0.717) is 11.5 Å². The summed E-state index contributed by atoms with van der Waals surface area (Å²) in [4.78, 5) is 2.63. The number of hydrogen-bond acceptors (Lipinski definition) is 2. The molecule has 1 fully saturated rings. The quantitative estimate of drug-likeness (QED) is 0.886. The molecule has 1 heterocycles. The number of benzene rings is 1. The molecule has 1 aliphatic rings. The van der Waals surface area contributed by atoms with Crippen molar-refractivity contribution < 1.29 is 0 Å². The van der Waals surface area contributed by atoms with Gasteiger partial charge in [-0.15, -0.1) is 0 Å². The molecule has 0 radical (unpaired) electrons. The normalized spacial score (nSPS) is 23.8. The smallest absolute Gasteiger partial charge is 0.0281 e. The second-order valence-electron chi connectivity index (χ2n) is 7.98. The van der Waals surface area contributed by atoms with Crippen molar-refractivity contribution in [3.05, 3.63) is 35.4 Å². The molecule has 0 saturated carbocycles. The van der Waals surface area contributed by atoms with Crippen LogP contribution in [0.4, 0.5) is 0 Å². The van der Waals surface area contributed by atoms with Crippen LogP contribution >= 0.6 is 0 Å². The Kier molecular flexibility index (Phi) is 4.27. The fourth-order valence-electron chi connectivity index (χ4n) is 2.79. The zero-order valence-corrected chi connectivity index (χ0v) is 14.0. The van der Waals surface area contributed by atoms with Crippen molar-refractivity contribution in [2.75, 3.05) is 13.1 Å². The van der Waals surface area contributed by atoms with E-state index < -0.39 is 0 Å². The maximum absolute atomic E-state index is 3.73. The predicted molar refractivity (Wildman–Crippen MR) is 86.9 cm³/mol. The van der Waals surface area contributed by atoms with E-state index >= 15 is 0 Å². The molecule has 1 unspecified atom stereocenters. The summed E-state index contributed by atoms with van der Waals surface area (Å²) in [5, 5.41) is 3.73. The van der Waals surface area contributed by atoms with Crippen molar-refractivity contribution >= 4 is 0 Å². The van der Waals surface area contributed by atoms with Gasteiger partial charge in [-0.3, -0.25) is 4.90 Å². The maximum atomic E-state index is 3.73. The molecule has 1 atom stereocenters. The van der Waals surface area contributed by atoms with Gasteiger partial charge in [0.05, 0.1) is 0 Å². The van der Waals surface area contributed by atoms with Crippen LogP contribution in [0.2, 0.25) is 0 Å². The zero-order chi connectivity index (χ0) is 15.0. The van der Waals surface area contributed by atoms with E-state index in [1.165, 1.54) is 11.1 Å². The first-order chi connectivity index (χ1) is 9.18. The first-order valence-corrected chi connectivity index (χ1v) is 7.72. The average molecular weight is 274 g/mol. The highest BCUT2D eigenvalue weighted by Crippen LogP contribution is 2.28. The minimum Gasteiger partial charge on any atom is -0.310 e. The van der Waals surface area contributed by atoms with Crippen LogP contribution < -0.4 is 5.32 Å². The molecule has 2 heteroatoms. The van der Waals surface area contributed by atoms with E-state index in [4.69, 9.17) is 0 Å². The van der Waals surface area contributed by atoms with E-state index in [1.54, 1.807) is 0 Å². The van der Waals surface area contributed by atoms with Gasteiger partial charge in [-0.2, -0.15) is 0 Å². The topological polar surface area (TPSA) is 15.3 Å². The summed E-state index contributed by atoms with van der Waals surface area (Å²) in [6.45, 7) is 17.0. The lowest BCUT2D eigenvalue weighted by Gasteiger charge is -2.49. The first kappa shape index (κ1) is 15.5. The Morgan fingerprint density at radius 2 is 1.80 bits per heavy atom. The van der Waals surface area contributed by atoms with Crippen LogP contribution in [0, 0.1) is 12.3 Å². The average Bonchev–Trinajstić information content (AvgIpc) is 2.33. The number of nitrogens with zero attached hydrogens (tertiary/aromatic N) is 1. The number of rotatable bonds is 2. The van der Waals surface area contributed by atoms with Crippen LogP contribution in [0.25, 0.3) is 0 Å². The maximum Gasteiger partial charge on any atom is 0.0281 e. The molecule has 0 bridgehead atoms. The second-order valence-corrected chi connectivity index (χ2v) is 7.98. The van der Waals surface area contributed by atoms with Crippen LogP contribution in [0.3, 0.4) is 0 Å². The van der Waals surface area contributed by atoms with E-state index in [9.17, 15) is 0 Å². The Morgan fingerprint density at radius 1 is 1.20 bits per heavy atom. The highest BCUT2D eigenvalue weighted by atomic mass is 15.3. The Morgan fingerprint density at radius 3 is 2.35 bits per heavy atom. The molecule has 1 N–H and O–H groups in total. The number of nitrogens with one attached hydrogen (secondary N) is 1. The highest BCUT2D eigenvalue weighted by molar-refractivity contribution is 5.21. The monoisotopic (exact) mass is 274 g/mol. The third-order valence-electron chi connectivity index (χ3n) is 4.58. The lowest BCUT2D eigenvalue weighted by Crippen LogP contribution is -2.64. The molecule has 0 aliphatic carbocycles. The van der Waals surface area contributed by atoms with Crippen LogP contribution in [0.5, 0.6) is 0 Å². The number of aryl methyl sites for hydroxylation is 1. The van der Waals surface area contributed by atoms with E-state index in [1.807, 2.05) is 0 Å². The van der Waals surface area contributed by atoms with Crippen molar-refractivity contribution in [3.8, 4) is 0 Å². The molecule has 2 nitrogen and oxygen atoms in total. The molecule has 20 heavy (non-hydrogen) atoms. The summed E-state index contributed by atoms with van der Waals surface area (Å²) in [5.41, 5.74) is 3.27. The van der Waals surface area contributed by atoms with Gasteiger partial charge in [0, 0.05) is 31.2 Å². The SMILES string of the molecule is Cc1ccc(CN2CC(C(C)(C)C)NCC2(C)C)cc1. The molecule has 112 valence electrons. The Labute approximate surface area is 124 Å². The van der Waals surface area contributed by atoms with Gasteiger partial charge in [-0.25, -0.2) is 0 Å². The third-order valence-corrected chi connectivity index (χ3v) is 4.58. The van der Waals surface area contributed by atoms with Gasteiger partial charge < -0.3 is 5.32 Å². The van der Waals surface area contributed by atoms with Gasteiger partial charge in [0.25, 0.3) is 0 Å². The second kappa shape index (κ2) is 5.50.